The van der Waals surface area contributed by atoms with Gasteiger partial charge in [0.1, 0.15) is 0 Å². The molecule has 4 heteroatoms. The number of hydrogen-bond donors (Lipinski definition) is 3. The fourth-order valence-electron chi connectivity index (χ4n) is 0.408. The van der Waals surface area contributed by atoms with E-state index in [0.29, 0.717) is 6.42 Å². The number of hydrogen-bond acceptors (Lipinski definition) is 3. The van der Waals surface area contributed by atoms with Crippen molar-refractivity contribution in [3.63, 3.8) is 0 Å². The summed E-state index contributed by atoms with van der Waals surface area (Å²) in [5.74, 6) is 0. The summed E-state index contributed by atoms with van der Waals surface area (Å²) in [4.78, 5) is 25.4. The van der Waals surface area contributed by atoms with Crippen molar-refractivity contribution in [3.05, 3.63) is 24.8 Å². The van der Waals surface area contributed by atoms with Crippen molar-refractivity contribution in [2.75, 3.05) is 6.16 Å². The van der Waals surface area contributed by atoms with Gasteiger partial charge in [-0.15, -0.1) is 6.58 Å². The van der Waals surface area contributed by atoms with E-state index in [-0.39, 0.29) is 6.16 Å². The standard InChI is InChI=1S/C6H12O3P/c1-2-3-4-5-6-10(7,8)9/h2,4-5,7-9H,1,3,6H2/q+1. The molecular formula is C6H12O3P+. The zero-order valence-corrected chi connectivity index (χ0v) is 6.54. The third-order valence-corrected chi connectivity index (χ3v) is 1.52. The molecule has 3 nitrogen and oxygen atoms in total. The molecule has 0 aliphatic rings. The van der Waals surface area contributed by atoms with Crippen LogP contribution >= 0.6 is 7.94 Å². The Morgan fingerprint density at radius 1 is 1.20 bits per heavy atom. The molecule has 0 radical (unpaired) electrons. The molecule has 0 aromatic heterocycles. The lowest BCUT2D eigenvalue weighted by Gasteiger charge is -1.97. The van der Waals surface area contributed by atoms with Gasteiger partial charge in [0.15, 0.2) is 6.16 Å². The fraction of sp³-hybridized carbons (Fsp3) is 0.333. The molecule has 0 aliphatic heterocycles. The van der Waals surface area contributed by atoms with Crippen LogP contribution < -0.4 is 0 Å². The molecule has 0 saturated heterocycles. The van der Waals surface area contributed by atoms with Crippen LogP contribution in [0.15, 0.2) is 24.8 Å². The van der Waals surface area contributed by atoms with Gasteiger partial charge in [-0.05, 0) is 12.5 Å². The third kappa shape index (κ3) is 7.79. The van der Waals surface area contributed by atoms with Gasteiger partial charge >= 0.3 is 7.94 Å². The first kappa shape index (κ1) is 9.79. The van der Waals surface area contributed by atoms with E-state index >= 15 is 0 Å². The quantitative estimate of drug-likeness (QED) is 0.425. The summed E-state index contributed by atoms with van der Waals surface area (Å²) in [5, 5.41) is 0. The SMILES string of the molecule is C=CCC=CC[P+](O)(O)O. The zero-order valence-electron chi connectivity index (χ0n) is 5.64. The van der Waals surface area contributed by atoms with Gasteiger partial charge in [0.05, 0.1) is 0 Å². The topological polar surface area (TPSA) is 60.7 Å². The average molecular weight is 163 g/mol. The molecular weight excluding hydrogens is 151 g/mol. The van der Waals surface area contributed by atoms with E-state index in [4.69, 9.17) is 14.7 Å². The normalized spacial score (nSPS) is 12.3. The Kier molecular flexibility index (Phi) is 4.49. The first-order valence-corrected chi connectivity index (χ1v) is 4.72. The molecule has 0 unspecified atom stereocenters. The summed E-state index contributed by atoms with van der Waals surface area (Å²) in [6.07, 6.45) is 5.53. The zero-order chi connectivity index (χ0) is 8.04. The Labute approximate surface area is 60.9 Å². The predicted molar refractivity (Wildman–Crippen MR) is 42.4 cm³/mol. The fourth-order valence-corrected chi connectivity index (χ4v) is 0.840. The minimum atomic E-state index is -3.58. The highest BCUT2D eigenvalue weighted by Gasteiger charge is 2.26. The molecule has 58 valence electrons. The van der Waals surface area contributed by atoms with E-state index in [2.05, 4.69) is 6.58 Å². The summed E-state index contributed by atoms with van der Waals surface area (Å²) in [6.45, 7) is 3.46. The molecule has 0 bridgehead atoms. The van der Waals surface area contributed by atoms with E-state index in [0.717, 1.165) is 0 Å². The molecule has 3 N–H and O–H groups in total. The van der Waals surface area contributed by atoms with Crippen LogP contribution in [0.2, 0.25) is 0 Å². The molecule has 0 heterocycles. The molecule has 0 amide bonds. The van der Waals surface area contributed by atoms with Gasteiger partial charge < -0.3 is 0 Å². The smallest absolute Gasteiger partial charge is 0.193 e. The molecule has 0 aromatic carbocycles. The lowest BCUT2D eigenvalue weighted by molar-refractivity contribution is 0.335. The summed E-state index contributed by atoms with van der Waals surface area (Å²) in [7, 11) is -3.58. The predicted octanol–water partition coefficient (Wildman–Crippen LogP) is 0.858. The van der Waals surface area contributed by atoms with E-state index in [1.54, 1.807) is 12.2 Å². The molecule has 0 aliphatic carbocycles. The minimum Gasteiger partial charge on any atom is -0.193 e. The van der Waals surface area contributed by atoms with Gasteiger partial charge in [0, 0.05) is 0 Å². The second-order valence-electron chi connectivity index (χ2n) is 1.87. The number of rotatable bonds is 4. The molecule has 0 spiro atoms. The van der Waals surface area contributed by atoms with Crippen LogP contribution in [0.5, 0.6) is 0 Å². The van der Waals surface area contributed by atoms with Crippen molar-refractivity contribution in [2.24, 2.45) is 0 Å². The van der Waals surface area contributed by atoms with Crippen LogP contribution in [0, 0.1) is 0 Å². The molecule has 0 saturated carbocycles. The Hall–Kier alpha value is -0.210. The van der Waals surface area contributed by atoms with Crippen molar-refractivity contribution >= 4 is 7.94 Å². The molecule has 10 heavy (non-hydrogen) atoms. The van der Waals surface area contributed by atoms with Gasteiger partial charge in [-0.25, -0.2) is 0 Å². The summed E-state index contributed by atoms with van der Waals surface area (Å²) < 4.78 is 0. The summed E-state index contributed by atoms with van der Waals surface area (Å²) >= 11 is 0. The highest BCUT2D eigenvalue weighted by atomic mass is 31.2. The maximum atomic E-state index is 8.46. The van der Waals surface area contributed by atoms with E-state index in [1.165, 1.54) is 6.08 Å². The van der Waals surface area contributed by atoms with E-state index in [1.807, 2.05) is 0 Å². The van der Waals surface area contributed by atoms with Gasteiger partial charge in [-0.1, -0.05) is 12.2 Å². The maximum absolute atomic E-state index is 8.46. The second-order valence-corrected chi connectivity index (χ2v) is 3.62. The van der Waals surface area contributed by atoms with E-state index in [9.17, 15) is 0 Å². The summed E-state index contributed by atoms with van der Waals surface area (Å²) in [6, 6.07) is 0. The van der Waals surface area contributed by atoms with Crippen molar-refractivity contribution in [3.8, 4) is 0 Å². The van der Waals surface area contributed by atoms with Gasteiger partial charge in [0.25, 0.3) is 0 Å². The highest BCUT2D eigenvalue weighted by molar-refractivity contribution is 7.58. The first-order valence-electron chi connectivity index (χ1n) is 2.88. The van der Waals surface area contributed by atoms with Gasteiger partial charge in [0.2, 0.25) is 0 Å². The average Bonchev–Trinajstić information content (AvgIpc) is 1.78. The largest absolute Gasteiger partial charge is 0.407 e. The minimum absolute atomic E-state index is 0.0686. The Bertz CT molecular complexity index is 125. The third-order valence-electron chi connectivity index (χ3n) is 0.820. The summed E-state index contributed by atoms with van der Waals surface area (Å²) in [5.41, 5.74) is 0. The molecule has 0 rings (SSSR count). The maximum Gasteiger partial charge on any atom is 0.407 e. The van der Waals surface area contributed by atoms with Crippen LogP contribution in [0.4, 0.5) is 0 Å². The molecule has 0 fully saturated rings. The van der Waals surface area contributed by atoms with Crippen LogP contribution in [-0.2, 0) is 0 Å². The lowest BCUT2D eigenvalue weighted by atomic mass is 10.4. The Morgan fingerprint density at radius 3 is 2.20 bits per heavy atom. The van der Waals surface area contributed by atoms with Crippen molar-refractivity contribution < 1.29 is 14.7 Å². The molecule has 0 aromatic rings. The van der Waals surface area contributed by atoms with Crippen molar-refractivity contribution in [1.82, 2.24) is 0 Å². The monoisotopic (exact) mass is 163 g/mol. The van der Waals surface area contributed by atoms with Crippen molar-refractivity contribution in [2.45, 2.75) is 6.42 Å². The lowest BCUT2D eigenvalue weighted by Crippen LogP contribution is -1.90. The van der Waals surface area contributed by atoms with Crippen LogP contribution in [0.25, 0.3) is 0 Å². The highest BCUT2D eigenvalue weighted by Crippen LogP contribution is 2.43. The van der Waals surface area contributed by atoms with Crippen LogP contribution in [0.1, 0.15) is 6.42 Å². The van der Waals surface area contributed by atoms with Crippen LogP contribution in [0.3, 0.4) is 0 Å². The Balaban J connectivity index is 3.43. The first-order chi connectivity index (χ1) is 4.56. The van der Waals surface area contributed by atoms with Crippen LogP contribution in [-0.4, -0.2) is 20.8 Å². The Morgan fingerprint density at radius 2 is 1.80 bits per heavy atom. The van der Waals surface area contributed by atoms with Gasteiger partial charge in [-0.3, -0.25) is 0 Å². The molecule has 0 atom stereocenters. The second kappa shape index (κ2) is 4.58. The number of allylic oxidation sites excluding steroid dienone is 3. The van der Waals surface area contributed by atoms with Gasteiger partial charge in [-0.2, -0.15) is 14.7 Å². The van der Waals surface area contributed by atoms with E-state index < -0.39 is 7.94 Å². The van der Waals surface area contributed by atoms with Crippen molar-refractivity contribution in [1.29, 1.82) is 0 Å².